The number of ether oxygens (including phenoxy) is 1. The molecule has 0 fully saturated rings. The van der Waals surface area contributed by atoms with E-state index in [1.54, 1.807) is 23.3 Å². The number of amides is 1. The van der Waals surface area contributed by atoms with Crippen LogP contribution in [0.4, 0.5) is 5.69 Å². The van der Waals surface area contributed by atoms with Gasteiger partial charge in [-0.05, 0) is 34.5 Å². The van der Waals surface area contributed by atoms with E-state index >= 15 is 0 Å². The van der Waals surface area contributed by atoms with Crippen LogP contribution in [0.3, 0.4) is 0 Å². The van der Waals surface area contributed by atoms with Crippen molar-refractivity contribution < 1.29 is 9.53 Å². The SMILES string of the molecule is COC(CN)CC(=O)N(Cc1ccsc1)c1ccccc1.Cl. The summed E-state index contributed by atoms with van der Waals surface area (Å²) in [6, 6.07) is 11.7. The van der Waals surface area contributed by atoms with Gasteiger partial charge in [-0.3, -0.25) is 4.79 Å². The molecule has 0 aliphatic rings. The van der Waals surface area contributed by atoms with Crippen LogP contribution in [0.25, 0.3) is 0 Å². The number of anilines is 1. The maximum Gasteiger partial charge on any atom is 0.229 e. The Labute approximate surface area is 141 Å². The summed E-state index contributed by atoms with van der Waals surface area (Å²) in [5, 5.41) is 4.07. The van der Waals surface area contributed by atoms with Crippen molar-refractivity contribution in [3.8, 4) is 0 Å². The zero-order chi connectivity index (χ0) is 15.1. The van der Waals surface area contributed by atoms with Crippen LogP contribution in [0.2, 0.25) is 0 Å². The van der Waals surface area contributed by atoms with Crippen molar-refractivity contribution in [2.24, 2.45) is 5.73 Å². The smallest absolute Gasteiger partial charge is 0.229 e. The topological polar surface area (TPSA) is 55.6 Å². The van der Waals surface area contributed by atoms with E-state index in [-0.39, 0.29) is 30.8 Å². The first-order valence-electron chi connectivity index (χ1n) is 6.84. The molecule has 4 nitrogen and oxygen atoms in total. The molecule has 0 saturated carbocycles. The minimum Gasteiger partial charge on any atom is -0.380 e. The normalized spacial score (nSPS) is 11.5. The summed E-state index contributed by atoms with van der Waals surface area (Å²) in [5.74, 6) is 0.0182. The molecule has 1 unspecified atom stereocenters. The zero-order valence-corrected chi connectivity index (χ0v) is 14.1. The van der Waals surface area contributed by atoms with Crippen molar-refractivity contribution in [1.82, 2.24) is 0 Å². The number of carbonyl (C=O) groups excluding carboxylic acids is 1. The van der Waals surface area contributed by atoms with Gasteiger partial charge < -0.3 is 15.4 Å². The molecule has 2 aromatic rings. The Morgan fingerprint density at radius 1 is 1.32 bits per heavy atom. The Hall–Kier alpha value is -1.40. The van der Waals surface area contributed by atoms with Crippen LogP contribution >= 0.6 is 23.7 Å². The van der Waals surface area contributed by atoms with Gasteiger partial charge in [-0.1, -0.05) is 18.2 Å². The molecule has 1 amide bonds. The van der Waals surface area contributed by atoms with Crippen LogP contribution in [0.1, 0.15) is 12.0 Å². The summed E-state index contributed by atoms with van der Waals surface area (Å²) in [7, 11) is 1.58. The molecule has 1 atom stereocenters. The van der Waals surface area contributed by atoms with E-state index < -0.39 is 0 Å². The second-order valence-electron chi connectivity index (χ2n) is 4.74. The van der Waals surface area contributed by atoms with Crippen molar-refractivity contribution in [2.45, 2.75) is 19.1 Å². The predicted octanol–water partition coefficient (Wildman–Crippen LogP) is 3.07. The Morgan fingerprint density at radius 2 is 2.05 bits per heavy atom. The van der Waals surface area contributed by atoms with E-state index in [4.69, 9.17) is 10.5 Å². The van der Waals surface area contributed by atoms with Gasteiger partial charge in [0.2, 0.25) is 5.91 Å². The average molecular weight is 341 g/mol. The van der Waals surface area contributed by atoms with Crippen molar-refractivity contribution in [3.63, 3.8) is 0 Å². The molecule has 6 heteroatoms. The van der Waals surface area contributed by atoms with E-state index in [9.17, 15) is 4.79 Å². The highest BCUT2D eigenvalue weighted by Crippen LogP contribution is 2.20. The summed E-state index contributed by atoms with van der Waals surface area (Å²) in [5.41, 5.74) is 7.63. The van der Waals surface area contributed by atoms with Crippen LogP contribution in [0.15, 0.2) is 47.2 Å². The third-order valence-electron chi connectivity index (χ3n) is 3.29. The molecule has 1 heterocycles. The van der Waals surface area contributed by atoms with Crippen molar-refractivity contribution in [1.29, 1.82) is 0 Å². The fourth-order valence-corrected chi connectivity index (χ4v) is 2.72. The van der Waals surface area contributed by atoms with E-state index in [1.807, 2.05) is 41.8 Å². The highest BCUT2D eigenvalue weighted by atomic mass is 35.5. The minimum atomic E-state index is -0.244. The number of benzene rings is 1. The molecule has 1 aromatic carbocycles. The number of rotatable bonds is 7. The van der Waals surface area contributed by atoms with Crippen LogP contribution in [0.5, 0.6) is 0 Å². The van der Waals surface area contributed by atoms with Gasteiger partial charge in [-0.15, -0.1) is 12.4 Å². The van der Waals surface area contributed by atoms with Crippen molar-refractivity contribution in [3.05, 3.63) is 52.7 Å². The van der Waals surface area contributed by atoms with Gasteiger partial charge in [0.15, 0.2) is 0 Å². The summed E-state index contributed by atoms with van der Waals surface area (Å²) < 4.78 is 5.22. The highest BCUT2D eigenvalue weighted by Gasteiger charge is 2.20. The molecule has 0 aliphatic carbocycles. The van der Waals surface area contributed by atoms with E-state index in [2.05, 4.69) is 5.38 Å². The molecule has 1 aromatic heterocycles. The maximum absolute atomic E-state index is 12.6. The minimum absolute atomic E-state index is 0. The van der Waals surface area contributed by atoms with E-state index in [1.165, 1.54) is 0 Å². The fraction of sp³-hybridized carbons (Fsp3) is 0.312. The van der Waals surface area contributed by atoms with Gasteiger partial charge in [0, 0.05) is 19.3 Å². The number of hydrogen-bond donors (Lipinski definition) is 1. The second kappa shape index (κ2) is 9.58. The largest absolute Gasteiger partial charge is 0.380 e. The second-order valence-corrected chi connectivity index (χ2v) is 5.52. The van der Waals surface area contributed by atoms with Crippen LogP contribution in [-0.4, -0.2) is 25.7 Å². The Bertz CT molecular complexity index is 545. The highest BCUT2D eigenvalue weighted by molar-refractivity contribution is 7.07. The molecule has 120 valence electrons. The molecular weight excluding hydrogens is 320 g/mol. The average Bonchev–Trinajstić information content (AvgIpc) is 3.04. The Morgan fingerprint density at radius 3 is 2.59 bits per heavy atom. The van der Waals surface area contributed by atoms with Crippen LogP contribution in [-0.2, 0) is 16.1 Å². The van der Waals surface area contributed by atoms with Gasteiger partial charge in [0.25, 0.3) is 0 Å². The lowest BCUT2D eigenvalue weighted by Crippen LogP contribution is -2.35. The van der Waals surface area contributed by atoms with Crippen LogP contribution < -0.4 is 10.6 Å². The Kier molecular flexibility index (Phi) is 8.12. The third-order valence-corrected chi connectivity index (χ3v) is 4.02. The van der Waals surface area contributed by atoms with Crippen molar-refractivity contribution in [2.75, 3.05) is 18.6 Å². The molecular formula is C16H21ClN2O2S. The van der Waals surface area contributed by atoms with Crippen molar-refractivity contribution >= 4 is 35.3 Å². The third kappa shape index (κ3) is 5.10. The predicted molar refractivity (Wildman–Crippen MR) is 93.7 cm³/mol. The Balaban J connectivity index is 0.00000242. The number of para-hydroxylation sites is 1. The first-order valence-corrected chi connectivity index (χ1v) is 7.78. The molecule has 2 N–H and O–H groups in total. The molecule has 22 heavy (non-hydrogen) atoms. The number of hydrogen-bond acceptors (Lipinski definition) is 4. The summed E-state index contributed by atoms with van der Waals surface area (Å²) >= 11 is 1.63. The van der Waals surface area contributed by atoms with Gasteiger partial charge in [-0.2, -0.15) is 11.3 Å². The standard InChI is InChI=1S/C16H20N2O2S.ClH/c1-20-15(10-17)9-16(19)18(11-13-7-8-21-12-13)14-5-3-2-4-6-14;/h2-8,12,15H,9-11,17H2,1H3;1H. The maximum atomic E-state index is 12.6. The number of halogens is 1. The lowest BCUT2D eigenvalue weighted by atomic mass is 10.2. The van der Waals surface area contributed by atoms with Gasteiger partial charge in [-0.25, -0.2) is 0 Å². The van der Waals surface area contributed by atoms with E-state index in [0.29, 0.717) is 13.1 Å². The molecule has 0 bridgehead atoms. The number of carbonyl (C=O) groups is 1. The molecule has 0 aliphatic heterocycles. The summed E-state index contributed by atoms with van der Waals surface area (Å²) in [6.07, 6.45) is 0.0395. The zero-order valence-electron chi connectivity index (χ0n) is 12.5. The lowest BCUT2D eigenvalue weighted by Gasteiger charge is -2.24. The fourth-order valence-electron chi connectivity index (χ4n) is 2.06. The monoisotopic (exact) mass is 340 g/mol. The van der Waals surface area contributed by atoms with Gasteiger partial charge >= 0.3 is 0 Å². The quantitative estimate of drug-likeness (QED) is 0.842. The number of nitrogens with zero attached hydrogens (tertiary/aromatic N) is 1. The van der Waals surface area contributed by atoms with Gasteiger partial charge in [0.05, 0.1) is 19.1 Å². The number of nitrogens with two attached hydrogens (primary N) is 1. The molecule has 2 rings (SSSR count). The summed E-state index contributed by atoms with van der Waals surface area (Å²) in [6.45, 7) is 0.899. The van der Waals surface area contributed by atoms with Gasteiger partial charge in [0.1, 0.15) is 0 Å². The molecule has 0 radical (unpaired) electrons. The van der Waals surface area contributed by atoms with Crippen LogP contribution in [0, 0.1) is 0 Å². The first kappa shape index (κ1) is 18.6. The molecule has 0 spiro atoms. The number of thiophene rings is 1. The van der Waals surface area contributed by atoms with E-state index in [0.717, 1.165) is 11.3 Å². The first-order chi connectivity index (χ1) is 10.2. The summed E-state index contributed by atoms with van der Waals surface area (Å²) in [4.78, 5) is 14.4. The lowest BCUT2D eigenvalue weighted by molar-refractivity contribution is -0.121. The number of methoxy groups -OCH3 is 1. The molecule has 0 saturated heterocycles.